The molecule has 0 saturated heterocycles. The maximum absolute atomic E-state index is 11.8. The van der Waals surface area contributed by atoms with Gasteiger partial charge < -0.3 is 15.2 Å². The number of alkyl carbamates (subject to hydrolysis) is 1. The summed E-state index contributed by atoms with van der Waals surface area (Å²) in [6, 6.07) is 14.4. The average molecular weight is 339 g/mol. The molecule has 1 aliphatic rings. The van der Waals surface area contributed by atoms with Crippen LogP contribution in [0.25, 0.3) is 11.1 Å². The molecule has 0 radical (unpaired) electrons. The van der Waals surface area contributed by atoms with E-state index in [0.717, 1.165) is 12.0 Å². The molecule has 0 aliphatic heterocycles. The largest absolute Gasteiger partial charge is 0.481 e. The van der Waals surface area contributed by atoms with Crippen LogP contribution in [0.3, 0.4) is 0 Å². The van der Waals surface area contributed by atoms with Crippen molar-refractivity contribution in [3.8, 4) is 11.1 Å². The first-order valence-corrected chi connectivity index (χ1v) is 8.46. The van der Waals surface area contributed by atoms with Crippen molar-refractivity contribution in [2.24, 2.45) is 0 Å². The molecule has 2 N–H and O–H groups in total. The molecule has 2 aromatic rings. The number of nitrogens with one attached hydrogen (secondary N) is 1. The first-order valence-electron chi connectivity index (χ1n) is 8.46. The fourth-order valence-corrected chi connectivity index (χ4v) is 3.14. The molecule has 0 fully saturated rings. The zero-order chi connectivity index (χ0) is 17.6. The van der Waals surface area contributed by atoms with E-state index in [4.69, 9.17) is 9.84 Å². The van der Waals surface area contributed by atoms with Gasteiger partial charge in [-0.15, -0.1) is 0 Å². The number of hydrogen-bond donors (Lipinski definition) is 2. The topological polar surface area (TPSA) is 75.6 Å². The normalized spacial score (nSPS) is 11.5. The zero-order valence-corrected chi connectivity index (χ0v) is 14.0. The van der Waals surface area contributed by atoms with Crippen LogP contribution in [0.5, 0.6) is 0 Å². The molecule has 0 saturated carbocycles. The van der Waals surface area contributed by atoms with Crippen LogP contribution in [-0.4, -0.2) is 23.7 Å². The lowest BCUT2D eigenvalue weighted by molar-refractivity contribution is -0.137. The first kappa shape index (κ1) is 17.0. The third kappa shape index (κ3) is 4.18. The highest BCUT2D eigenvalue weighted by atomic mass is 16.5. The maximum Gasteiger partial charge on any atom is 0.407 e. The van der Waals surface area contributed by atoms with Crippen LogP contribution in [0.2, 0.25) is 0 Å². The van der Waals surface area contributed by atoms with Crippen LogP contribution in [0.4, 0.5) is 4.79 Å². The van der Waals surface area contributed by atoms with Gasteiger partial charge in [-0.25, -0.2) is 4.79 Å². The van der Waals surface area contributed by atoms with E-state index in [2.05, 4.69) is 23.5 Å². The Hall–Kier alpha value is -2.82. The van der Waals surface area contributed by atoms with E-state index in [9.17, 15) is 9.59 Å². The monoisotopic (exact) mass is 339 g/mol. The van der Waals surface area contributed by atoms with Crippen LogP contribution in [0, 0.1) is 0 Å². The van der Waals surface area contributed by atoms with E-state index >= 15 is 0 Å². The van der Waals surface area contributed by atoms with Crippen LogP contribution in [0.15, 0.2) is 42.5 Å². The van der Waals surface area contributed by atoms with Gasteiger partial charge >= 0.3 is 12.1 Å². The second kappa shape index (κ2) is 7.83. The summed E-state index contributed by atoms with van der Waals surface area (Å²) in [5.41, 5.74) is 6.01. The lowest BCUT2D eigenvalue weighted by Crippen LogP contribution is -2.25. The number of carbonyl (C=O) groups is 2. The lowest BCUT2D eigenvalue weighted by atomic mass is 10.0. The van der Waals surface area contributed by atoms with Crippen molar-refractivity contribution in [2.75, 3.05) is 6.54 Å². The van der Waals surface area contributed by atoms with Gasteiger partial charge in [0, 0.05) is 13.0 Å². The predicted octanol–water partition coefficient (Wildman–Crippen LogP) is 3.74. The maximum atomic E-state index is 11.8. The van der Waals surface area contributed by atoms with Crippen molar-refractivity contribution in [3.05, 3.63) is 59.2 Å². The molecule has 0 bridgehead atoms. The van der Waals surface area contributed by atoms with E-state index < -0.39 is 12.1 Å². The Balaban J connectivity index is 1.52. The molecule has 5 heteroatoms. The highest BCUT2D eigenvalue weighted by Gasteiger charge is 2.20. The van der Waals surface area contributed by atoms with Crippen molar-refractivity contribution in [2.45, 2.75) is 32.3 Å². The van der Waals surface area contributed by atoms with Gasteiger partial charge in [0.05, 0.1) is 0 Å². The van der Waals surface area contributed by atoms with Gasteiger partial charge in [0.2, 0.25) is 0 Å². The van der Waals surface area contributed by atoms with E-state index in [0.29, 0.717) is 19.4 Å². The van der Waals surface area contributed by atoms with E-state index in [1.807, 2.05) is 24.3 Å². The summed E-state index contributed by atoms with van der Waals surface area (Å²) in [6.07, 6.45) is 1.68. The second-order valence-electron chi connectivity index (χ2n) is 6.13. The number of hydrogen-bond acceptors (Lipinski definition) is 3. The SMILES string of the molecule is O=C(O)CCCCNC(=O)OCc1cccc2c1Cc1ccccc1-2. The highest BCUT2D eigenvalue weighted by Crippen LogP contribution is 2.38. The number of benzene rings is 2. The summed E-state index contributed by atoms with van der Waals surface area (Å²) in [6.45, 7) is 0.655. The molecule has 3 rings (SSSR count). The summed E-state index contributed by atoms with van der Waals surface area (Å²) < 4.78 is 5.31. The zero-order valence-electron chi connectivity index (χ0n) is 14.0. The van der Waals surface area contributed by atoms with Gasteiger partial charge in [-0.05, 0) is 47.1 Å². The Bertz CT molecular complexity index is 785. The van der Waals surface area contributed by atoms with Gasteiger partial charge in [0.25, 0.3) is 0 Å². The molecular formula is C20H21NO4. The summed E-state index contributed by atoms with van der Waals surface area (Å²) in [7, 11) is 0. The minimum atomic E-state index is -0.818. The molecule has 0 spiro atoms. The Kier molecular flexibility index (Phi) is 5.33. The Labute approximate surface area is 146 Å². The van der Waals surface area contributed by atoms with Crippen LogP contribution in [-0.2, 0) is 22.6 Å². The fraction of sp³-hybridized carbons (Fsp3) is 0.300. The highest BCUT2D eigenvalue weighted by molar-refractivity contribution is 5.78. The molecule has 130 valence electrons. The van der Waals surface area contributed by atoms with E-state index in [1.165, 1.54) is 22.3 Å². The van der Waals surface area contributed by atoms with Gasteiger partial charge in [-0.3, -0.25) is 4.79 Å². The third-order valence-corrected chi connectivity index (χ3v) is 4.39. The average Bonchev–Trinajstić information content (AvgIpc) is 2.98. The van der Waals surface area contributed by atoms with E-state index in [-0.39, 0.29) is 13.0 Å². The fourth-order valence-electron chi connectivity index (χ4n) is 3.14. The number of aliphatic carboxylic acids is 1. The van der Waals surface area contributed by atoms with Crippen LogP contribution >= 0.6 is 0 Å². The quantitative estimate of drug-likeness (QED) is 0.643. The van der Waals surface area contributed by atoms with Gasteiger partial charge in [-0.1, -0.05) is 42.5 Å². The Morgan fingerprint density at radius 3 is 2.68 bits per heavy atom. The number of amides is 1. The number of rotatable bonds is 7. The smallest absolute Gasteiger partial charge is 0.407 e. The number of carboxylic acids is 1. The third-order valence-electron chi connectivity index (χ3n) is 4.39. The summed E-state index contributed by atoms with van der Waals surface area (Å²) in [5, 5.41) is 11.2. The molecule has 25 heavy (non-hydrogen) atoms. The molecule has 2 aromatic carbocycles. The van der Waals surface area contributed by atoms with Crippen LogP contribution in [0.1, 0.15) is 36.0 Å². The van der Waals surface area contributed by atoms with Crippen molar-refractivity contribution >= 4 is 12.1 Å². The molecule has 0 heterocycles. The number of unbranched alkanes of at least 4 members (excludes halogenated alkanes) is 1. The predicted molar refractivity (Wildman–Crippen MR) is 94.4 cm³/mol. The summed E-state index contributed by atoms with van der Waals surface area (Å²) in [4.78, 5) is 22.2. The van der Waals surface area contributed by atoms with Gasteiger partial charge in [0.1, 0.15) is 6.61 Å². The Morgan fingerprint density at radius 2 is 1.84 bits per heavy atom. The lowest BCUT2D eigenvalue weighted by Gasteiger charge is -2.10. The second-order valence-corrected chi connectivity index (χ2v) is 6.13. The molecule has 1 amide bonds. The number of ether oxygens (including phenoxy) is 1. The summed E-state index contributed by atoms with van der Waals surface area (Å²) in [5.74, 6) is -0.818. The molecule has 0 aromatic heterocycles. The molecular weight excluding hydrogens is 318 g/mol. The van der Waals surface area contributed by atoms with Crippen molar-refractivity contribution < 1.29 is 19.4 Å². The van der Waals surface area contributed by atoms with Gasteiger partial charge in [0.15, 0.2) is 0 Å². The van der Waals surface area contributed by atoms with Crippen LogP contribution < -0.4 is 5.32 Å². The molecule has 0 atom stereocenters. The minimum absolute atomic E-state index is 0.118. The standard InChI is InChI=1S/C20H21NO4/c22-19(23)10-3-4-11-21-20(24)25-13-15-7-5-9-17-16-8-2-1-6-14(16)12-18(15)17/h1-2,5-9H,3-4,10-13H2,(H,21,24)(H,22,23). The van der Waals surface area contributed by atoms with Crippen molar-refractivity contribution in [3.63, 3.8) is 0 Å². The number of carboxylic acid groups (broad SMARTS) is 1. The minimum Gasteiger partial charge on any atom is -0.481 e. The molecule has 5 nitrogen and oxygen atoms in total. The van der Waals surface area contributed by atoms with E-state index in [1.54, 1.807) is 0 Å². The molecule has 1 aliphatic carbocycles. The van der Waals surface area contributed by atoms with Crippen molar-refractivity contribution in [1.82, 2.24) is 5.32 Å². The molecule has 0 unspecified atom stereocenters. The first-order chi connectivity index (χ1) is 12.1. The van der Waals surface area contributed by atoms with Gasteiger partial charge in [-0.2, -0.15) is 0 Å². The summed E-state index contributed by atoms with van der Waals surface area (Å²) >= 11 is 0. The van der Waals surface area contributed by atoms with Crippen molar-refractivity contribution in [1.29, 1.82) is 0 Å². The Morgan fingerprint density at radius 1 is 1.04 bits per heavy atom. The number of fused-ring (bicyclic) bond motifs is 3. The number of carbonyl (C=O) groups excluding carboxylic acids is 1.